The van der Waals surface area contributed by atoms with Gasteiger partial charge in [-0.25, -0.2) is 0 Å². The van der Waals surface area contributed by atoms with E-state index in [0.717, 1.165) is 30.3 Å². The molecule has 0 radical (unpaired) electrons. The van der Waals surface area contributed by atoms with Gasteiger partial charge in [-0.1, -0.05) is 29.8 Å². The van der Waals surface area contributed by atoms with Crippen LogP contribution in [0.2, 0.25) is 5.02 Å². The quantitative estimate of drug-likeness (QED) is 0.303. The van der Waals surface area contributed by atoms with Crippen LogP contribution < -0.4 is 4.74 Å². The number of hydrogen-bond donors (Lipinski definition) is 0. The summed E-state index contributed by atoms with van der Waals surface area (Å²) in [6.45, 7) is 3.02. The number of fused-ring (bicyclic) bond motifs is 1. The lowest BCUT2D eigenvalue weighted by Gasteiger charge is -2.30. The number of ketones is 1. The second kappa shape index (κ2) is 11.3. The van der Waals surface area contributed by atoms with E-state index in [0.29, 0.717) is 34.5 Å². The Bertz CT molecular complexity index is 1190. The largest absolute Gasteiger partial charge is 0.487 e. The highest BCUT2D eigenvalue weighted by atomic mass is 35.5. The summed E-state index contributed by atoms with van der Waals surface area (Å²) in [4.78, 5) is 30.7. The van der Waals surface area contributed by atoms with Gasteiger partial charge in [0.25, 0.3) is 11.7 Å². The number of likely N-dealkylation sites (tertiary alicyclic amines) is 1. The summed E-state index contributed by atoms with van der Waals surface area (Å²) in [5, 5.41) is 1.39. The summed E-state index contributed by atoms with van der Waals surface area (Å²) in [5.41, 5.74) is 1.99. The first-order valence-corrected chi connectivity index (χ1v) is 12.7. The predicted octanol–water partition coefficient (Wildman–Crippen LogP) is 5.17. The molecule has 1 amide bonds. The molecule has 1 unspecified atom stereocenters. The lowest BCUT2D eigenvalue weighted by Crippen LogP contribution is -2.35. The Kier molecular flexibility index (Phi) is 8.14. The molecule has 1 aromatic heterocycles. The highest BCUT2D eigenvalue weighted by Crippen LogP contribution is 2.28. The molecule has 1 aliphatic heterocycles. The van der Waals surface area contributed by atoms with Crippen molar-refractivity contribution in [2.45, 2.75) is 32.3 Å². The Hall–Kier alpha value is -2.83. The molecule has 1 aliphatic rings. The van der Waals surface area contributed by atoms with Gasteiger partial charge in [0.05, 0.1) is 11.3 Å². The summed E-state index contributed by atoms with van der Waals surface area (Å²) >= 11 is 5.98. The van der Waals surface area contributed by atoms with Crippen molar-refractivity contribution in [3.8, 4) is 5.75 Å². The topological polar surface area (TPSA) is 54.8 Å². The minimum Gasteiger partial charge on any atom is -0.487 e. The number of amides is 1. The fourth-order valence-electron chi connectivity index (χ4n) is 5.06. The first-order chi connectivity index (χ1) is 16.8. The maximum Gasteiger partial charge on any atom is 0.294 e. The molecule has 7 heteroatoms. The molecular weight excluding hydrogens is 462 g/mol. The van der Waals surface area contributed by atoms with Crippen LogP contribution in [0, 0.1) is 5.92 Å². The molecule has 0 aliphatic carbocycles. The monoisotopic (exact) mass is 495 g/mol. The third-order valence-corrected chi connectivity index (χ3v) is 7.27. The molecule has 0 bridgehead atoms. The number of aryl methyl sites for hydroxylation is 1. The lowest BCUT2D eigenvalue weighted by atomic mass is 9.93. The minimum absolute atomic E-state index is 0.167. The average molecular weight is 496 g/mol. The number of para-hydroxylation sites is 1. The number of rotatable bonds is 9. The van der Waals surface area contributed by atoms with Crippen LogP contribution in [0.4, 0.5) is 0 Å². The molecule has 0 saturated carbocycles. The number of hydrogen-bond acceptors (Lipinski definition) is 4. The van der Waals surface area contributed by atoms with Gasteiger partial charge in [0, 0.05) is 43.1 Å². The summed E-state index contributed by atoms with van der Waals surface area (Å²) in [6, 6.07) is 14.7. The minimum atomic E-state index is -0.489. The number of likely N-dealkylation sites (N-methyl/N-ethyl adjacent to an activating group) is 1. The lowest BCUT2D eigenvalue weighted by molar-refractivity contribution is -0.125. The third-order valence-electron chi connectivity index (χ3n) is 7.01. The fraction of sp³-hybridized carbons (Fsp3) is 0.429. The molecule has 1 fully saturated rings. The average Bonchev–Trinajstić information content (AvgIpc) is 3.14. The first-order valence-electron chi connectivity index (χ1n) is 12.3. The normalized spacial score (nSPS) is 16.4. The molecule has 35 heavy (non-hydrogen) atoms. The van der Waals surface area contributed by atoms with Gasteiger partial charge in [0.2, 0.25) is 0 Å². The van der Waals surface area contributed by atoms with Crippen LogP contribution in [0.1, 0.15) is 41.7 Å². The van der Waals surface area contributed by atoms with Crippen LogP contribution in [0.5, 0.6) is 5.75 Å². The first kappa shape index (κ1) is 25.3. The summed E-state index contributed by atoms with van der Waals surface area (Å²) in [7, 11) is 5.79. The van der Waals surface area contributed by atoms with E-state index in [1.807, 2.05) is 35.9 Å². The molecule has 2 heterocycles. The van der Waals surface area contributed by atoms with Crippen molar-refractivity contribution in [3.05, 3.63) is 64.8 Å². The van der Waals surface area contributed by atoms with E-state index in [-0.39, 0.29) is 6.61 Å². The standard InChI is InChI=1S/C28H34ClN3O3/c1-30-16-6-8-20(18-30)9-7-17-31(2)28(34)27(33)26-23-10-4-5-11-24(23)32(3)25(26)19-35-22-14-12-21(29)13-15-22/h4-5,10-15,20H,6-9,16-19H2,1-3H3. The molecule has 4 rings (SSSR count). The summed E-state index contributed by atoms with van der Waals surface area (Å²) in [6.07, 6.45) is 4.45. The third kappa shape index (κ3) is 5.88. The number of benzene rings is 2. The molecular formula is C28H34ClN3O3. The molecule has 186 valence electrons. The van der Waals surface area contributed by atoms with Gasteiger partial charge in [-0.15, -0.1) is 0 Å². The second-order valence-electron chi connectivity index (χ2n) is 9.61. The van der Waals surface area contributed by atoms with Crippen LogP contribution in [0.25, 0.3) is 10.9 Å². The number of ether oxygens (including phenoxy) is 1. The van der Waals surface area contributed by atoms with E-state index >= 15 is 0 Å². The van der Waals surface area contributed by atoms with E-state index in [9.17, 15) is 9.59 Å². The Balaban J connectivity index is 1.48. The second-order valence-corrected chi connectivity index (χ2v) is 10.0. The van der Waals surface area contributed by atoms with Crippen molar-refractivity contribution in [1.82, 2.24) is 14.4 Å². The number of carbonyl (C=O) groups excluding carboxylic acids is 2. The number of piperidine rings is 1. The maximum absolute atomic E-state index is 13.5. The Morgan fingerprint density at radius 1 is 1.11 bits per heavy atom. The number of nitrogens with zero attached hydrogens (tertiary/aromatic N) is 3. The van der Waals surface area contributed by atoms with Crippen molar-refractivity contribution in [2.75, 3.05) is 33.7 Å². The fourth-order valence-corrected chi connectivity index (χ4v) is 5.18. The van der Waals surface area contributed by atoms with Crippen molar-refractivity contribution in [3.63, 3.8) is 0 Å². The Labute approximate surface area is 212 Å². The number of carbonyl (C=O) groups is 2. The van der Waals surface area contributed by atoms with Crippen LogP contribution in [0.15, 0.2) is 48.5 Å². The van der Waals surface area contributed by atoms with Gasteiger partial charge in [0.15, 0.2) is 0 Å². The van der Waals surface area contributed by atoms with Crippen molar-refractivity contribution >= 4 is 34.2 Å². The van der Waals surface area contributed by atoms with Crippen LogP contribution in [-0.2, 0) is 18.4 Å². The van der Waals surface area contributed by atoms with Gasteiger partial charge in [-0.05, 0) is 75.5 Å². The molecule has 1 saturated heterocycles. The number of aromatic nitrogens is 1. The van der Waals surface area contributed by atoms with Crippen LogP contribution in [0.3, 0.4) is 0 Å². The van der Waals surface area contributed by atoms with Crippen molar-refractivity contribution in [1.29, 1.82) is 0 Å². The van der Waals surface area contributed by atoms with E-state index < -0.39 is 11.7 Å². The zero-order valence-electron chi connectivity index (χ0n) is 20.8. The molecule has 3 aromatic rings. The van der Waals surface area contributed by atoms with E-state index in [1.54, 1.807) is 36.2 Å². The SMILES string of the molecule is CN1CCCC(CCCN(C)C(=O)C(=O)c2c(COc3ccc(Cl)cc3)n(C)c3ccccc23)C1. The van der Waals surface area contributed by atoms with Crippen LogP contribution in [-0.4, -0.2) is 59.8 Å². The molecule has 0 spiro atoms. The molecule has 0 N–H and O–H groups in total. The van der Waals surface area contributed by atoms with E-state index in [2.05, 4.69) is 11.9 Å². The molecule has 1 atom stereocenters. The van der Waals surface area contributed by atoms with Gasteiger partial charge >= 0.3 is 0 Å². The van der Waals surface area contributed by atoms with Gasteiger partial charge < -0.3 is 19.1 Å². The van der Waals surface area contributed by atoms with Gasteiger partial charge in [-0.2, -0.15) is 0 Å². The molecule has 2 aromatic carbocycles. The highest BCUT2D eigenvalue weighted by Gasteiger charge is 2.28. The zero-order valence-corrected chi connectivity index (χ0v) is 21.6. The summed E-state index contributed by atoms with van der Waals surface area (Å²) < 4.78 is 7.90. The number of Topliss-reactive ketones (excluding diaryl/α,β-unsaturated/α-hetero) is 1. The van der Waals surface area contributed by atoms with E-state index in [1.165, 1.54) is 19.4 Å². The Morgan fingerprint density at radius 3 is 2.60 bits per heavy atom. The highest BCUT2D eigenvalue weighted by molar-refractivity contribution is 6.45. The van der Waals surface area contributed by atoms with Gasteiger partial charge in [-0.3, -0.25) is 9.59 Å². The van der Waals surface area contributed by atoms with Crippen molar-refractivity contribution in [2.24, 2.45) is 13.0 Å². The smallest absolute Gasteiger partial charge is 0.294 e. The van der Waals surface area contributed by atoms with Crippen LogP contribution >= 0.6 is 11.6 Å². The maximum atomic E-state index is 13.5. The number of halogens is 1. The Morgan fingerprint density at radius 2 is 1.86 bits per heavy atom. The van der Waals surface area contributed by atoms with Gasteiger partial charge in [0.1, 0.15) is 12.4 Å². The molecule has 6 nitrogen and oxygen atoms in total. The predicted molar refractivity (Wildman–Crippen MR) is 140 cm³/mol. The van der Waals surface area contributed by atoms with E-state index in [4.69, 9.17) is 16.3 Å². The van der Waals surface area contributed by atoms with Crippen molar-refractivity contribution < 1.29 is 14.3 Å². The summed E-state index contributed by atoms with van der Waals surface area (Å²) in [5.74, 6) is 0.351. The zero-order chi connectivity index (χ0) is 24.9.